The molecule has 0 saturated carbocycles. The van der Waals surface area contributed by atoms with Crippen molar-refractivity contribution in [2.24, 2.45) is 0 Å². The minimum atomic E-state index is -3.38. The van der Waals surface area contributed by atoms with Crippen molar-refractivity contribution in [3.05, 3.63) is 0 Å². The minimum Gasteiger partial charge on any atom is -0.300 e. The molecule has 0 amide bonds. The highest BCUT2D eigenvalue weighted by Gasteiger charge is 1.97. The maximum absolute atomic E-state index is 10.6. The summed E-state index contributed by atoms with van der Waals surface area (Å²) in [5, 5.41) is 0. The van der Waals surface area contributed by atoms with Crippen molar-refractivity contribution in [2.45, 2.75) is 32.6 Å². The number of hydrogen-bond donors (Lipinski definition) is 0. The van der Waals surface area contributed by atoms with Crippen LogP contribution in [0.3, 0.4) is 0 Å². The van der Waals surface area contributed by atoms with E-state index < -0.39 is 10.1 Å². The van der Waals surface area contributed by atoms with Crippen molar-refractivity contribution in [2.75, 3.05) is 12.9 Å². The van der Waals surface area contributed by atoms with E-state index in [-0.39, 0.29) is 12.4 Å². The zero-order valence-electron chi connectivity index (χ0n) is 9.08. The van der Waals surface area contributed by atoms with E-state index in [4.69, 9.17) is 0 Å². The predicted molar refractivity (Wildman–Crippen MR) is 57.7 cm³/mol. The molecule has 0 spiro atoms. The first-order valence-electron chi connectivity index (χ1n) is 4.71. The fraction of sp³-hybridized carbons (Fsp3) is 0.700. The molecule has 0 aromatic heterocycles. The van der Waals surface area contributed by atoms with Gasteiger partial charge in [-0.2, -0.15) is 8.42 Å². The van der Waals surface area contributed by atoms with Gasteiger partial charge >= 0.3 is 0 Å². The summed E-state index contributed by atoms with van der Waals surface area (Å²) in [7, 11) is -3.38. The first kappa shape index (κ1) is 14.1. The van der Waals surface area contributed by atoms with E-state index in [1.807, 2.05) is 0 Å². The van der Waals surface area contributed by atoms with E-state index in [1.54, 1.807) is 6.92 Å². The molecule has 0 N–H and O–H groups in total. The number of ketones is 1. The Labute approximate surface area is 91.1 Å². The molecule has 0 radical (unpaired) electrons. The Bertz CT molecular complexity index is 345. The first-order chi connectivity index (χ1) is 6.92. The van der Waals surface area contributed by atoms with E-state index in [0.29, 0.717) is 12.8 Å². The van der Waals surface area contributed by atoms with Crippen LogP contribution in [0.15, 0.2) is 0 Å². The molecule has 0 aliphatic rings. The average Bonchev–Trinajstić information content (AvgIpc) is 2.07. The standard InChI is InChI=1S/C10H16O4S/c1-10(11)8-6-4-3-5-7-9-14-15(2,12)13/h3-4,6,8-9H2,1-2H3. The molecule has 0 aromatic rings. The van der Waals surface area contributed by atoms with Crippen molar-refractivity contribution >= 4 is 15.9 Å². The maximum Gasteiger partial charge on any atom is 0.265 e. The molecule has 0 fully saturated rings. The number of unbranched alkanes of at least 4 members (excludes halogenated alkanes) is 2. The fourth-order valence-corrected chi connectivity index (χ4v) is 1.14. The molecule has 0 atom stereocenters. The molecule has 0 aromatic carbocycles. The molecule has 4 nitrogen and oxygen atoms in total. The zero-order chi connectivity index (χ0) is 11.7. The zero-order valence-corrected chi connectivity index (χ0v) is 9.89. The molecular weight excluding hydrogens is 216 g/mol. The van der Waals surface area contributed by atoms with Crippen LogP contribution < -0.4 is 0 Å². The van der Waals surface area contributed by atoms with Crippen LogP contribution >= 0.6 is 0 Å². The van der Waals surface area contributed by atoms with Gasteiger partial charge in [0.15, 0.2) is 0 Å². The molecule has 0 aliphatic carbocycles. The van der Waals surface area contributed by atoms with Gasteiger partial charge in [-0.25, -0.2) is 0 Å². The summed E-state index contributed by atoms with van der Waals surface area (Å²) in [6.07, 6.45) is 3.92. The number of hydrogen-bond acceptors (Lipinski definition) is 4. The van der Waals surface area contributed by atoms with Crippen molar-refractivity contribution in [3.63, 3.8) is 0 Å². The van der Waals surface area contributed by atoms with Crippen molar-refractivity contribution in [1.29, 1.82) is 0 Å². The Morgan fingerprint density at radius 3 is 2.47 bits per heavy atom. The third kappa shape index (κ3) is 13.1. The molecule has 0 unspecified atom stereocenters. The monoisotopic (exact) mass is 232 g/mol. The third-order valence-electron chi connectivity index (χ3n) is 1.55. The highest BCUT2D eigenvalue weighted by molar-refractivity contribution is 7.85. The Kier molecular flexibility index (Phi) is 7.01. The number of carbonyl (C=O) groups excluding carboxylic acids is 1. The van der Waals surface area contributed by atoms with Gasteiger partial charge in [-0.15, -0.1) is 5.92 Å². The van der Waals surface area contributed by atoms with E-state index >= 15 is 0 Å². The van der Waals surface area contributed by atoms with Crippen LogP contribution in [0.4, 0.5) is 0 Å². The number of carbonyl (C=O) groups is 1. The second-order valence-corrected chi connectivity index (χ2v) is 4.87. The summed E-state index contributed by atoms with van der Waals surface area (Å²) in [6.45, 7) is 1.47. The lowest BCUT2D eigenvalue weighted by Crippen LogP contribution is -2.02. The highest BCUT2D eigenvalue weighted by Crippen LogP contribution is 1.98. The van der Waals surface area contributed by atoms with Gasteiger partial charge in [0.05, 0.1) is 6.26 Å². The topological polar surface area (TPSA) is 60.4 Å². The second kappa shape index (κ2) is 7.43. The number of rotatable bonds is 6. The summed E-state index contributed by atoms with van der Waals surface area (Å²) in [6, 6.07) is 0. The summed E-state index contributed by atoms with van der Waals surface area (Å²) in [5.74, 6) is 5.56. The molecule has 0 heterocycles. The molecular formula is C10H16O4S. The quantitative estimate of drug-likeness (QED) is 0.391. The van der Waals surface area contributed by atoms with E-state index in [9.17, 15) is 13.2 Å². The summed E-state index contributed by atoms with van der Waals surface area (Å²) >= 11 is 0. The normalized spacial score (nSPS) is 10.5. The van der Waals surface area contributed by atoms with Crippen LogP contribution in [-0.2, 0) is 19.1 Å². The van der Waals surface area contributed by atoms with Crippen LogP contribution in [0, 0.1) is 11.8 Å². The van der Waals surface area contributed by atoms with E-state index in [2.05, 4.69) is 16.0 Å². The summed E-state index contributed by atoms with van der Waals surface area (Å²) < 4.78 is 25.4. The van der Waals surface area contributed by atoms with Gasteiger partial charge in [-0.3, -0.25) is 4.18 Å². The fourth-order valence-electron chi connectivity index (χ4n) is 0.863. The third-order valence-corrected chi connectivity index (χ3v) is 2.10. The van der Waals surface area contributed by atoms with Gasteiger partial charge in [0.2, 0.25) is 0 Å². The average molecular weight is 232 g/mol. The largest absolute Gasteiger partial charge is 0.300 e. The van der Waals surface area contributed by atoms with Crippen molar-refractivity contribution < 1.29 is 17.4 Å². The summed E-state index contributed by atoms with van der Waals surface area (Å²) in [4.78, 5) is 10.6. The Hall–Kier alpha value is -0.860. The van der Waals surface area contributed by atoms with Gasteiger partial charge in [0.1, 0.15) is 12.4 Å². The molecule has 86 valence electrons. The van der Waals surface area contributed by atoms with Gasteiger partial charge in [-0.1, -0.05) is 5.92 Å². The SMILES string of the molecule is CC(=O)CCCCC#CCOS(C)(=O)=O. The molecule has 5 heteroatoms. The lowest BCUT2D eigenvalue weighted by Gasteiger charge is -1.93. The Balaban J connectivity index is 3.44. The van der Waals surface area contributed by atoms with Crippen LogP contribution in [0.25, 0.3) is 0 Å². The lowest BCUT2D eigenvalue weighted by atomic mass is 10.1. The van der Waals surface area contributed by atoms with Gasteiger partial charge in [0.25, 0.3) is 10.1 Å². The van der Waals surface area contributed by atoms with Gasteiger partial charge < -0.3 is 4.79 Å². The predicted octanol–water partition coefficient (Wildman–Crippen LogP) is 1.12. The van der Waals surface area contributed by atoms with Crippen LogP contribution in [0.5, 0.6) is 0 Å². The van der Waals surface area contributed by atoms with E-state index in [0.717, 1.165) is 19.1 Å². The molecule has 0 rings (SSSR count). The second-order valence-electron chi connectivity index (χ2n) is 3.23. The van der Waals surface area contributed by atoms with E-state index in [1.165, 1.54) is 0 Å². The van der Waals surface area contributed by atoms with Crippen LogP contribution in [0.1, 0.15) is 32.6 Å². The molecule has 0 saturated heterocycles. The molecule has 0 bridgehead atoms. The minimum absolute atomic E-state index is 0.0917. The summed E-state index contributed by atoms with van der Waals surface area (Å²) in [5.41, 5.74) is 0. The Morgan fingerprint density at radius 2 is 1.93 bits per heavy atom. The lowest BCUT2D eigenvalue weighted by molar-refractivity contribution is -0.117. The van der Waals surface area contributed by atoms with Crippen LogP contribution in [0.2, 0.25) is 0 Å². The van der Waals surface area contributed by atoms with Gasteiger partial charge in [0, 0.05) is 12.8 Å². The first-order valence-corrected chi connectivity index (χ1v) is 6.53. The van der Waals surface area contributed by atoms with Crippen LogP contribution in [-0.4, -0.2) is 27.1 Å². The van der Waals surface area contributed by atoms with Crippen molar-refractivity contribution in [1.82, 2.24) is 0 Å². The highest BCUT2D eigenvalue weighted by atomic mass is 32.2. The van der Waals surface area contributed by atoms with Gasteiger partial charge in [-0.05, 0) is 19.8 Å². The Morgan fingerprint density at radius 1 is 1.27 bits per heavy atom. The maximum atomic E-state index is 10.6. The van der Waals surface area contributed by atoms with Crippen molar-refractivity contribution in [3.8, 4) is 11.8 Å². The smallest absolute Gasteiger partial charge is 0.265 e. The molecule has 0 aliphatic heterocycles. The molecule has 15 heavy (non-hydrogen) atoms. The number of Topliss-reactive ketones (excluding diaryl/α,β-unsaturated/α-hetero) is 1.